The van der Waals surface area contributed by atoms with E-state index in [1.807, 2.05) is 0 Å². The number of rotatable bonds is 5. The summed E-state index contributed by atoms with van der Waals surface area (Å²) in [6, 6.07) is 6.40. The Hall–Kier alpha value is -1.59. The third kappa shape index (κ3) is 5.36. The SMILES string of the molecule is CC(C)OC(=O)C(C)N(C)C(=O)c1ccc(CN)cc1.Cl. The van der Waals surface area contributed by atoms with Crippen LogP contribution in [0.5, 0.6) is 0 Å². The third-order valence-corrected chi connectivity index (χ3v) is 3.03. The van der Waals surface area contributed by atoms with Crippen molar-refractivity contribution in [3.8, 4) is 0 Å². The summed E-state index contributed by atoms with van der Waals surface area (Å²) in [6.07, 6.45) is -0.197. The van der Waals surface area contributed by atoms with Gasteiger partial charge in [0.2, 0.25) is 0 Å². The maximum atomic E-state index is 12.3. The maximum absolute atomic E-state index is 12.3. The lowest BCUT2D eigenvalue weighted by Gasteiger charge is -2.24. The fraction of sp³-hybridized carbons (Fsp3) is 0.467. The van der Waals surface area contributed by atoms with E-state index in [-0.39, 0.29) is 24.4 Å². The Kier molecular flexibility index (Phi) is 7.99. The largest absolute Gasteiger partial charge is 0.461 e. The number of hydrogen-bond acceptors (Lipinski definition) is 4. The van der Waals surface area contributed by atoms with Crippen molar-refractivity contribution in [3.05, 3.63) is 35.4 Å². The second kappa shape index (κ2) is 8.64. The van der Waals surface area contributed by atoms with Gasteiger partial charge in [-0.2, -0.15) is 0 Å². The molecule has 5 nitrogen and oxygen atoms in total. The number of benzene rings is 1. The molecule has 2 N–H and O–H groups in total. The number of halogens is 1. The molecule has 1 rings (SSSR count). The van der Waals surface area contributed by atoms with Gasteiger partial charge in [-0.15, -0.1) is 12.4 Å². The molecular weight excluding hydrogens is 292 g/mol. The highest BCUT2D eigenvalue weighted by Crippen LogP contribution is 2.10. The van der Waals surface area contributed by atoms with Gasteiger partial charge in [0.1, 0.15) is 6.04 Å². The topological polar surface area (TPSA) is 72.6 Å². The average Bonchev–Trinajstić information content (AvgIpc) is 2.44. The molecule has 1 aromatic rings. The first-order valence-electron chi connectivity index (χ1n) is 6.63. The molecule has 0 saturated carbocycles. The number of carbonyl (C=O) groups is 2. The third-order valence-electron chi connectivity index (χ3n) is 3.03. The quantitative estimate of drug-likeness (QED) is 0.843. The highest BCUT2D eigenvalue weighted by molar-refractivity contribution is 5.96. The van der Waals surface area contributed by atoms with Gasteiger partial charge in [-0.1, -0.05) is 12.1 Å². The van der Waals surface area contributed by atoms with E-state index >= 15 is 0 Å². The number of nitrogens with two attached hydrogens (primary N) is 1. The van der Waals surface area contributed by atoms with Crippen LogP contribution in [0, 0.1) is 0 Å². The molecule has 0 bridgehead atoms. The number of likely N-dealkylation sites (N-methyl/N-ethyl adjacent to an activating group) is 1. The van der Waals surface area contributed by atoms with Crippen molar-refractivity contribution in [1.82, 2.24) is 4.90 Å². The summed E-state index contributed by atoms with van der Waals surface area (Å²) < 4.78 is 5.11. The van der Waals surface area contributed by atoms with Gasteiger partial charge in [0, 0.05) is 19.2 Å². The molecule has 1 amide bonds. The highest BCUT2D eigenvalue weighted by Gasteiger charge is 2.25. The Morgan fingerprint density at radius 3 is 2.14 bits per heavy atom. The molecule has 0 aliphatic carbocycles. The Morgan fingerprint density at radius 1 is 1.19 bits per heavy atom. The Bertz CT molecular complexity index is 474. The average molecular weight is 315 g/mol. The fourth-order valence-electron chi connectivity index (χ4n) is 1.65. The van der Waals surface area contributed by atoms with Crippen molar-refractivity contribution < 1.29 is 14.3 Å². The first-order chi connectivity index (χ1) is 9.36. The molecule has 1 atom stereocenters. The van der Waals surface area contributed by atoms with Gasteiger partial charge in [0.05, 0.1) is 6.10 Å². The number of carbonyl (C=O) groups excluding carboxylic acids is 2. The summed E-state index contributed by atoms with van der Waals surface area (Å²) in [7, 11) is 1.59. The van der Waals surface area contributed by atoms with Gasteiger partial charge < -0.3 is 15.4 Å². The van der Waals surface area contributed by atoms with Crippen LogP contribution in [0.15, 0.2) is 24.3 Å². The Morgan fingerprint density at radius 2 is 1.71 bits per heavy atom. The zero-order valence-corrected chi connectivity index (χ0v) is 13.6. The molecule has 0 radical (unpaired) electrons. The maximum Gasteiger partial charge on any atom is 0.328 e. The molecule has 0 saturated heterocycles. The lowest BCUT2D eigenvalue weighted by molar-refractivity contribution is -0.151. The van der Waals surface area contributed by atoms with E-state index in [0.717, 1.165) is 5.56 Å². The van der Waals surface area contributed by atoms with Gasteiger partial charge in [0.15, 0.2) is 0 Å². The molecule has 118 valence electrons. The van der Waals surface area contributed by atoms with E-state index in [1.54, 1.807) is 52.1 Å². The molecule has 0 aliphatic rings. The summed E-state index contributed by atoms with van der Waals surface area (Å²) in [5, 5.41) is 0. The standard InChI is InChI=1S/C15H22N2O3.ClH/c1-10(2)20-15(19)11(3)17(4)14(18)13-7-5-12(9-16)6-8-13;/h5-8,10-11H,9,16H2,1-4H3;1H. The normalized spacial score (nSPS) is 11.5. The van der Waals surface area contributed by atoms with Crippen molar-refractivity contribution in [2.75, 3.05) is 7.05 Å². The Balaban J connectivity index is 0.00000400. The molecule has 21 heavy (non-hydrogen) atoms. The van der Waals surface area contributed by atoms with Crippen LogP contribution in [0.2, 0.25) is 0 Å². The van der Waals surface area contributed by atoms with Gasteiger partial charge in [-0.3, -0.25) is 4.79 Å². The van der Waals surface area contributed by atoms with E-state index in [4.69, 9.17) is 10.5 Å². The van der Waals surface area contributed by atoms with Crippen molar-refractivity contribution >= 4 is 24.3 Å². The molecule has 0 aliphatic heterocycles. The van der Waals surface area contributed by atoms with Crippen molar-refractivity contribution in [3.63, 3.8) is 0 Å². The number of amides is 1. The number of hydrogen-bond donors (Lipinski definition) is 1. The minimum atomic E-state index is -0.626. The van der Waals surface area contributed by atoms with Crippen molar-refractivity contribution in [2.24, 2.45) is 5.73 Å². The lowest BCUT2D eigenvalue weighted by atomic mass is 10.1. The summed E-state index contributed by atoms with van der Waals surface area (Å²) in [5.41, 5.74) is 6.99. The van der Waals surface area contributed by atoms with E-state index in [2.05, 4.69) is 0 Å². The van der Waals surface area contributed by atoms with Crippen LogP contribution in [0.3, 0.4) is 0 Å². The van der Waals surface area contributed by atoms with E-state index in [1.165, 1.54) is 4.90 Å². The van der Waals surface area contributed by atoms with Crippen LogP contribution in [-0.4, -0.2) is 36.0 Å². The first kappa shape index (κ1) is 19.4. The monoisotopic (exact) mass is 314 g/mol. The van der Waals surface area contributed by atoms with Gasteiger partial charge >= 0.3 is 5.97 Å². The van der Waals surface area contributed by atoms with Crippen LogP contribution in [0.1, 0.15) is 36.7 Å². The summed E-state index contributed by atoms with van der Waals surface area (Å²) in [6.45, 7) is 5.63. The summed E-state index contributed by atoms with van der Waals surface area (Å²) >= 11 is 0. The summed E-state index contributed by atoms with van der Waals surface area (Å²) in [4.78, 5) is 25.4. The van der Waals surface area contributed by atoms with Crippen LogP contribution in [-0.2, 0) is 16.1 Å². The summed E-state index contributed by atoms with van der Waals surface area (Å²) in [5.74, 6) is -0.629. The molecule has 6 heteroatoms. The van der Waals surface area contributed by atoms with Crippen LogP contribution >= 0.6 is 12.4 Å². The number of nitrogens with zero attached hydrogens (tertiary/aromatic N) is 1. The highest BCUT2D eigenvalue weighted by atomic mass is 35.5. The molecule has 0 aromatic heterocycles. The van der Waals surface area contributed by atoms with Crippen molar-refractivity contribution in [1.29, 1.82) is 0 Å². The first-order valence-corrected chi connectivity index (χ1v) is 6.63. The van der Waals surface area contributed by atoms with Crippen LogP contribution in [0.4, 0.5) is 0 Å². The smallest absolute Gasteiger partial charge is 0.328 e. The van der Waals surface area contributed by atoms with Crippen molar-refractivity contribution in [2.45, 2.75) is 39.5 Å². The minimum absolute atomic E-state index is 0. The molecule has 0 spiro atoms. The van der Waals surface area contributed by atoms with Gasteiger partial charge in [0.25, 0.3) is 5.91 Å². The number of ether oxygens (including phenoxy) is 1. The minimum Gasteiger partial charge on any atom is -0.461 e. The Labute approximate surface area is 131 Å². The molecule has 1 aromatic carbocycles. The second-order valence-electron chi connectivity index (χ2n) is 4.98. The predicted molar refractivity (Wildman–Crippen MR) is 84.4 cm³/mol. The molecular formula is C15H23ClN2O3. The predicted octanol–water partition coefficient (Wildman–Crippen LogP) is 1.98. The van der Waals surface area contributed by atoms with E-state index in [0.29, 0.717) is 12.1 Å². The second-order valence-corrected chi connectivity index (χ2v) is 4.98. The van der Waals surface area contributed by atoms with Gasteiger partial charge in [-0.05, 0) is 38.5 Å². The zero-order valence-electron chi connectivity index (χ0n) is 12.8. The molecule has 1 unspecified atom stereocenters. The molecule has 0 heterocycles. The lowest BCUT2D eigenvalue weighted by Crippen LogP contribution is -2.42. The fourth-order valence-corrected chi connectivity index (χ4v) is 1.65. The van der Waals surface area contributed by atoms with Gasteiger partial charge in [-0.25, -0.2) is 4.79 Å². The zero-order chi connectivity index (χ0) is 15.3. The van der Waals surface area contributed by atoms with E-state index < -0.39 is 12.0 Å². The van der Waals surface area contributed by atoms with Crippen LogP contribution < -0.4 is 5.73 Å². The number of esters is 1. The van der Waals surface area contributed by atoms with Crippen LogP contribution in [0.25, 0.3) is 0 Å². The molecule has 0 fully saturated rings. The van der Waals surface area contributed by atoms with E-state index in [9.17, 15) is 9.59 Å².